The molecular formula is C15H14BrNO4S. The molecule has 7 heteroatoms. The van der Waals surface area contributed by atoms with Crippen LogP contribution in [0.3, 0.4) is 0 Å². The molecule has 5 nitrogen and oxygen atoms in total. The van der Waals surface area contributed by atoms with E-state index < -0.39 is 16.0 Å². The molecule has 2 N–H and O–H groups in total. The van der Waals surface area contributed by atoms with Gasteiger partial charge in [0.15, 0.2) is 0 Å². The number of hydrogen-bond acceptors (Lipinski definition) is 3. The van der Waals surface area contributed by atoms with Crippen molar-refractivity contribution in [2.24, 2.45) is 0 Å². The maximum atomic E-state index is 12.4. The molecule has 0 heterocycles. The van der Waals surface area contributed by atoms with Crippen LogP contribution in [0.4, 0.5) is 5.69 Å². The lowest BCUT2D eigenvalue weighted by Gasteiger charge is -2.13. The summed E-state index contributed by atoms with van der Waals surface area (Å²) in [5.41, 5.74) is 1.89. The van der Waals surface area contributed by atoms with E-state index in [-0.39, 0.29) is 10.5 Å². The number of carboxylic acids is 1. The van der Waals surface area contributed by atoms with Crippen molar-refractivity contribution >= 4 is 37.6 Å². The lowest BCUT2D eigenvalue weighted by molar-refractivity contribution is 0.0696. The number of anilines is 1. The molecule has 0 aliphatic rings. The lowest BCUT2D eigenvalue weighted by atomic mass is 10.1. The molecule has 0 aliphatic carbocycles. The van der Waals surface area contributed by atoms with Gasteiger partial charge in [-0.15, -0.1) is 0 Å². The van der Waals surface area contributed by atoms with Gasteiger partial charge < -0.3 is 5.11 Å². The molecule has 0 aliphatic heterocycles. The highest BCUT2D eigenvalue weighted by Crippen LogP contribution is 2.30. The Balaban J connectivity index is 2.42. The van der Waals surface area contributed by atoms with Gasteiger partial charge in [-0.25, -0.2) is 13.2 Å². The van der Waals surface area contributed by atoms with Gasteiger partial charge in [-0.1, -0.05) is 17.7 Å². The third kappa shape index (κ3) is 3.48. The van der Waals surface area contributed by atoms with Gasteiger partial charge in [-0.3, -0.25) is 4.72 Å². The molecule has 2 aromatic carbocycles. The van der Waals surface area contributed by atoms with Crippen molar-refractivity contribution in [1.29, 1.82) is 0 Å². The highest BCUT2D eigenvalue weighted by atomic mass is 79.9. The number of carbonyl (C=O) groups is 1. The largest absolute Gasteiger partial charge is 0.478 e. The van der Waals surface area contributed by atoms with E-state index in [9.17, 15) is 13.2 Å². The summed E-state index contributed by atoms with van der Waals surface area (Å²) >= 11 is 3.21. The predicted molar refractivity (Wildman–Crippen MR) is 87.8 cm³/mol. The molecule has 0 radical (unpaired) electrons. The minimum atomic E-state index is -3.74. The molecule has 0 fully saturated rings. The summed E-state index contributed by atoms with van der Waals surface area (Å²) in [6, 6.07) is 9.25. The highest BCUT2D eigenvalue weighted by Gasteiger charge is 2.18. The summed E-state index contributed by atoms with van der Waals surface area (Å²) in [5.74, 6) is -1.07. The van der Waals surface area contributed by atoms with Crippen molar-refractivity contribution < 1.29 is 18.3 Å². The first-order valence-electron chi connectivity index (χ1n) is 6.33. The summed E-state index contributed by atoms with van der Waals surface area (Å²) in [6.45, 7) is 3.51. The second kappa shape index (κ2) is 6.10. The van der Waals surface area contributed by atoms with Crippen molar-refractivity contribution in [3.8, 4) is 0 Å². The van der Waals surface area contributed by atoms with Crippen LogP contribution in [-0.2, 0) is 10.0 Å². The number of nitrogens with one attached hydrogen (secondary N) is 1. The number of sulfonamides is 1. The van der Waals surface area contributed by atoms with Crippen molar-refractivity contribution in [2.75, 3.05) is 4.72 Å². The Labute approximate surface area is 137 Å². The van der Waals surface area contributed by atoms with E-state index in [0.29, 0.717) is 15.7 Å². The molecule has 0 aromatic heterocycles. The number of carboxylic acid groups (broad SMARTS) is 1. The monoisotopic (exact) mass is 383 g/mol. The topological polar surface area (TPSA) is 83.5 Å². The quantitative estimate of drug-likeness (QED) is 0.844. The first kappa shape index (κ1) is 16.5. The lowest BCUT2D eigenvalue weighted by Crippen LogP contribution is -2.14. The Morgan fingerprint density at radius 3 is 2.23 bits per heavy atom. The van der Waals surface area contributed by atoms with Gasteiger partial charge >= 0.3 is 5.97 Å². The summed E-state index contributed by atoms with van der Waals surface area (Å²) < 4.78 is 27.6. The van der Waals surface area contributed by atoms with Crippen LogP contribution in [-0.4, -0.2) is 19.5 Å². The standard InChI is InChI=1S/C15H14BrNO4S/c1-9-3-5-12(6-4-9)22(20,21)17-14-10(2)7-11(15(18)19)8-13(14)16/h3-8,17H,1-2H3,(H,18,19). The highest BCUT2D eigenvalue weighted by molar-refractivity contribution is 9.10. The van der Waals surface area contributed by atoms with Gasteiger partial charge in [0.25, 0.3) is 10.0 Å². The molecule has 116 valence electrons. The Morgan fingerprint density at radius 2 is 1.73 bits per heavy atom. The van der Waals surface area contributed by atoms with Gasteiger partial charge in [0.05, 0.1) is 16.1 Å². The van der Waals surface area contributed by atoms with Crippen LogP contribution in [0.15, 0.2) is 45.8 Å². The van der Waals surface area contributed by atoms with Crippen molar-refractivity contribution in [1.82, 2.24) is 0 Å². The second-order valence-corrected chi connectivity index (χ2v) is 7.41. The Morgan fingerprint density at radius 1 is 1.14 bits per heavy atom. The Hall–Kier alpha value is -1.86. The van der Waals surface area contributed by atoms with E-state index >= 15 is 0 Å². The van der Waals surface area contributed by atoms with Crippen LogP contribution >= 0.6 is 15.9 Å². The third-order valence-corrected chi connectivity index (χ3v) is 5.09. The second-order valence-electron chi connectivity index (χ2n) is 4.87. The molecule has 2 rings (SSSR count). The zero-order chi connectivity index (χ0) is 16.5. The van der Waals surface area contributed by atoms with E-state index in [1.54, 1.807) is 19.1 Å². The zero-order valence-electron chi connectivity index (χ0n) is 11.9. The number of hydrogen-bond donors (Lipinski definition) is 2. The summed E-state index contributed by atoms with van der Waals surface area (Å²) in [7, 11) is -3.74. The van der Waals surface area contributed by atoms with Crippen LogP contribution < -0.4 is 4.72 Å². The molecule has 0 bridgehead atoms. The number of aromatic carboxylic acids is 1. The summed E-state index contributed by atoms with van der Waals surface area (Å²) in [5, 5.41) is 9.00. The minimum absolute atomic E-state index is 0.0858. The van der Waals surface area contributed by atoms with E-state index in [0.717, 1.165) is 5.56 Å². The molecule has 2 aromatic rings. The van der Waals surface area contributed by atoms with Crippen LogP contribution in [0.1, 0.15) is 21.5 Å². The smallest absolute Gasteiger partial charge is 0.335 e. The number of halogens is 1. The fourth-order valence-electron chi connectivity index (χ4n) is 1.91. The minimum Gasteiger partial charge on any atom is -0.478 e. The summed E-state index contributed by atoms with van der Waals surface area (Å²) in [6.07, 6.45) is 0. The fraction of sp³-hybridized carbons (Fsp3) is 0.133. The SMILES string of the molecule is Cc1ccc(S(=O)(=O)Nc2c(C)cc(C(=O)O)cc2Br)cc1. The Bertz CT molecular complexity index is 806. The predicted octanol–water partition coefficient (Wildman–Crippen LogP) is 3.56. The van der Waals surface area contributed by atoms with Crippen LogP contribution in [0, 0.1) is 13.8 Å². The number of rotatable bonds is 4. The molecule has 22 heavy (non-hydrogen) atoms. The summed E-state index contributed by atoms with van der Waals surface area (Å²) in [4.78, 5) is 11.1. The molecule has 0 amide bonds. The molecule has 0 atom stereocenters. The van der Waals surface area contributed by atoms with Crippen molar-refractivity contribution in [3.05, 3.63) is 57.6 Å². The third-order valence-electron chi connectivity index (χ3n) is 3.10. The van der Waals surface area contributed by atoms with Gasteiger partial charge in [0.2, 0.25) is 0 Å². The van der Waals surface area contributed by atoms with Gasteiger partial charge in [0.1, 0.15) is 0 Å². The normalized spacial score (nSPS) is 11.2. The fourth-order valence-corrected chi connectivity index (χ4v) is 3.85. The number of aryl methyl sites for hydroxylation is 2. The average Bonchev–Trinajstić information content (AvgIpc) is 2.43. The number of benzene rings is 2. The van der Waals surface area contributed by atoms with Crippen molar-refractivity contribution in [3.63, 3.8) is 0 Å². The molecule has 0 saturated carbocycles. The Kier molecular flexibility index (Phi) is 4.58. The molecular weight excluding hydrogens is 370 g/mol. The molecule has 0 unspecified atom stereocenters. The molecule has 0 spiro atoms. The maximum Gasteiger partial charge on any atom is 0.335 e. The average molecular weight is 384 g/mol. The van der Waals surface area contributed by atoms with Crippen LogP contribution in [0.25, 0.3) is 0 Å². The first-order chi connectivity index (χ1) is 10.2. The van der Waals surface area contributed by atoms with E-state index in [2.05, 4.69) is 20.7 Å². The van der Waals surface area contributed by atoms with Crippen LogP contribution in [0.5, 0.6) is 0 Å². The van der Waals surface area contributed by atoms with Gasteiger partial charge in [-0.2, -0.15) is 0 Å². The van der Waals surface area contributed by atoms with Gasteiger partial charge in [-0.05, 0) is 59.6 Å². The van der Waals surface area contributed by atoms with Crippen molar-refractivity contribution in [2.45, 2.75) is 18.7 Å². The van der Waals surface area contributed by atoms with E-state index in [4.69, 9.17) is 5.11 Å². The van der Waals surface area contributed by atoms with Crippen LogP contribution in [0.2, 0.25) is 0 Å². The van der Waals surface area contributed by atoms with E-state index in [1.165, 1.54) is 24.3 Å². The first-order valence-corrected chi connectivity index (χ1v) is 8.61. The van der Waals surface area contributed by atoms with Gasteiger partial charge in [0, 0.05) is 4.47 Å². The zero-order valence-corrected chi connectivity index (χ0v) is 14.3. The van der Waals surface area contributed by atoms with E-state index in [1.807, 2.05) is 6.92 Å². The maximum absolute atomic E-state index is 12.4. The molecule has 0 saturated heterocycles.